The molecule has 5 heteroatoms. The van der Waals surface area contributed by atoms with Crippen LogP contribution in [0.25, 0.3) is 11.1 Å². The Morgan fingerprint density at radius 2 is 1.52 bits per heavy atom. The van der Waals surface area contributed by atoms with E-state index >= 15 is 0 Å². The van der Waals surface area contributed by atoms with Gasteiger partial charge in [-0.15, -0.1) is 0 Å². The molecule has 2 N–H and O–H groups in total. The summed E-state index contributed by atoms with van der Waals surface area (Å²) in [7, 11) is 0. The average molecular weight is 393 g/mol. The van der Waals surface area contributed by atoms with Gasteiger partial charge in [0.05, 0.1) is 10.5 Å². The molecule has 0 spiro atoms. The fraction of sp³-hybridized carbons (Fsp3) is 0. The molecule has 0 aliphatic rings. The summed E-state index contributed by atoms with van der Waals surface area (Å²) in [5.41, 5.74) is 9.30. The van der Waals surface area contributed by atoms with Crippen molar-refractivity contribution >= 4 is 27.3 Å². The zero-order chi connectivity index (χ0) is 17.8. The number of rotatable bonds is 2. The van der Waals surface area contributed by atoms with Gasteiger partial charge in [0.25, 0.3) is 5.69 Å². The first-order valence-electron chi connectivity index (χ1n) is 7.45. The number of nitrogen functional groups attached to an aromatic ring is 1. The Morgan fingerprint density at radius 3 is 2.12 bits per heavy atom. The van der Waals surface area contributed by atoms with Gasteiger partial charge >= 0.3 is 0 Å². The van der Waals surface area contributed by atoms with Gasteiger partial charge in [0.2, 0.25) is 0 Å². The summed E-state index contributed by atoms with van der Waals surface area (Å²) in [6.07, 6.45) is 0. The maximum Gasteiger partial charge on any atom is 0.278 e. The molecule has 0 aromatic heterocycles. The zero-order valence-corrected chi connectivity index (χ0v) is 14.7. The molecular weight excluding hydrogens is 380 g/mol. The third kappa shape index (κ3) is 3.87. The molecule has 0 unspecified atom stereocenters. The van der Waals surface area contributed by atoms with Gasteiger partial charge in [-0.2, -0.15) is 0 Å². The first-order chi connectivity index (χ1) is 12.0. The molecule has 0 fully saturated rings. The van der Waals surface area contributed by atoms with Gasteiger partial charge < -0.3 is 5.73 Å². The number of nitrogens with zero attached hydrogens (tertiary/aromatic N) is 1. The summed E-state index contributed by atoms with van der Waals surface area (Å²) in [4.78, 5) is 10.9. The minimum Gasteiger partial charge on any atom is -0.398 e. The minimum absolute atomic E-state index is 0.00388. The highest BCUT2D eigenvalue weighted by atomic mass is 79.9. The van der Waals surface area contributed by atoms with Crippen LogP contribution in [0.5, 0.6) is 0 Å². The van der Waals surface area contributed by atoms with Crippen molar-refractivity contribution in [3.8, 4) is 23.0 Å². The first kappa shape index (κ1) is 16.7. The number of nitrogens with two attached hydrogens (primary N) is 1. The van der Waals surface area contributed by atoms with Gasteiger partial charge in [-0.3, -0.25) is 10.1 Å². The lowest BCUT2D eigenvalue weighted by atomic mass is 10.0. The second-order valence-electron chi connectivity index (χ2n) is 5.34. The molecule has 0 saturated carbocycles. The van der Waals surface area contributed by atoms with E-state index in [1.54, 1.807) is 6.07 Å². The van der Waals surface area contributed by atoms with Crippen LogP contribution < -0.4 is 5.73 Å². The van der Waals surface area contributed by atoms with Crippen molar-refractivity contribution in [2.75, 3.05) is 5.73 Å². The van der Waals surface area contributed by atoms with Gasteiger partial charge in [0, 0.05) is 27.4 Å². The van der Waals surface area contributed by atoms with E-state index in [1.807, 2.05) is 54.6 Å². The van der Waals surface area contributed by atoms with Crippen LogP contribution in [0, 0.1) is 22.0 Å². The maximum absolute atomic E-state index is 11.3. The monoisotopic (exact) mass is 392 g/mol. The highest BCUT2D eigenvalue weighted by Crippen LogP contribution is 2.36. The van der Waals surface area contributed by atoms with E-state index in [9.17, 15) is 10.1 Å². The predicted molar refractivity (Wildman–Crippen MR) is 103 cm³/mol. The summed E-state index contributed by atoms with van der Waals surface area (Å²) in [5, 5.41) is 11.3. The lowest BCUT2D eigenvalue weighted by molar-refractivity contribution is -0.384. The van der Waals surface area contributed by atoms with E-state index in [1.165, 1.54) is 6.07 Å². The normalized spacial score (nSPS) is 9.96. The topological polar surface area (TPSA) is 69.2 Å². The number of benzene rings is 3. The third-order valence-electron chi connectivity index (χ3n) is 3.63. The molecule has 0 atom stereocenters. The van der Waals surface area contributed by atoms with Crippen LogP contribution in [0.1, 0.15) is 11.1 Å². The van der Waals surface area contributed by atoms with E-state index < -0.39 is 4.92 Å². The van der Waals surface area contributed by atoms with Crippen LogP contribution in [-0.2, 0) is 0 Å². The van der Waals surface area contributed by atoms with E-state index in [2.05, 4.69) is 27.8 Å². The molecule has 0 heterocycles. The Labute approximate surface area is 153 Å². The van der Waals surface area contributed by atoms with Crippen molar-refractivity contribution in [2.24, 2.45) is 0 Å². The molecule has 0 aliphatic heterocycles. The summed E-state index contributed by atoms with van der Waals surface area (Å²) in [6, 6.07) is 20.0. The van der Waals surface area contributed by atoms with Crippen molar-refractivity contribution in [1.29, 1.82) is 0 Å². The van der Waals surface area contributed by atoms with Crippen LogP contribution in [0.4, 0.5) is 11.4 Å². The maximum atomic E-state index is 11.3. The van der Waals surface area contributed by atoms with Crippen LogP contribution in [-0.4, -0.2) is 4.92 Å². The Balaban J connectivity index is 1.95. The number of nitro groups is 1. The summed E-state index contributed by atoms with van der Waals surface area (Å²) >= 11 is 3.23. The molecule has 0 saturated heterocycles. The van der Waals surface area contributed by atoms with E-state index in [0.717, 1.165) is 16.7 Å². The molecule has 0 bridgehead atoms. The van der Waals surface area contributed by atoms with Crippen molar-refractivity contribution in [3.05, 3.63) is 92.4 Å². The average Bonchev–Trinajstić information content (AvgIpc) is 2.63. The minimum atomic E-state index is -0.414. The van der Waals surface area contributed by atoms with Crippen LogP contribution >= 0.6 is 15.9 Å². The second-order valence-corrected chi connectivity index (χ2v) is 6.20. The quantitative estimate of drug-likeness (QED) is 0.288. The van der Waals surface area contributed by atoms with Gasteiger partial charge in [-0.05, 0) is 51.8 Å². The van der Waals surface area contributed by atoms with Gasteiger partial charge in [-0.25, -0.2) is 0 Å². The molecular formula is C20H13BrN2O2. The zero-order valence-electron chi connectivity index (χ0n) is 13.1. The van der Waals surface area contributed by atoms with E-state index in [-0.39, 0.29) is 5.69 Å². The lowest BCUT2D eigenvalue weighted by Crippen LogP contribution is -1.95. The number of nitro benzene ring substituents is 1. The van der Waals surface area contributed by atoms with Gasteiger partial charge in [0.15, 0.2) is 0 Å². The van der Waals surface area contributed by atoms with Crippen LogP contribution in [0.3, 0.4) is 0 Å². The summed E-state index contributed by atoms with van der Waals surface area (Å²) < 4.78 is 0.508. The molecule has 3 aromatic rings. The van der Waals surface area contributed by atoms with Crippen molar-refractivity contribution < 1.29 is 4.92 Å². The van der Waals surface area contributed by atoms with E-state index in [0.29, 0.717) is 15.7 Å². The molecule has 0 amide bonds. The molecule has 25 heavy (non-hydrogen) atoms. The number of hydrogen-bond acceptors (Lipinski definition) is 3. The van der Waals surface area contributed by atoms with Crippen molar-refractivity contribution in [2.45, 2.75) is 0 Å². The lowest BCUT2D eigenvalue weighted by Gasteiger charge is -2.06. The van der Waals surface area contributed by atoms with Gasteiger partial charge in [-0.1, -0.05) is 42.2 Å². The largest absolute Gasteiger partial charge is 0.398 e. The summed E-state index contributed by atoms with van der Waals surface area (Å²) in [6.45, 7) is 0. The first-order valence-corrected chi connectivity index (χ1v) is 8.25. The predicted octanol–water partition coefficient (Wildman–Crippen LogP) is 5.01. The Hall–Kier alpha value is -3.10. The molecule has 4 nitrogen and oxygen atoms in total. The number of hydrogen-bond donors (Lipinski definition) is 1. The molecule has 0 aliphatic carbocycles. The highest BCUT2D eigenvalue weighted by Gasteiger charge is 2.17. The van der Waals surface area contributed by atoms with E-state index in [4.69, 9.17) is 5.73 Å². The Kier molecular flexibility index (Phi) is 4.82. The van der Waals surface area contributed by atoms with Gasteiger partial charge in [0.1, 0.15) is 0 Å². The van der Waals surface area contributed by atoms with Crippen molar-refractivity contribution in [1.82, 2.24) is 0 Å². The second kappa shape index (κ2) is 7.20. The molecule has 0 radical (unpaired) electrons. The van der Waals surface area contributed by atoms with Crippen LogP contribution in [0.2, 0.25) is 0 Å². The molecule has 122 valence electrons. The number of halogens is 1. The summed E-state index contributed by atoms with van der Waals surface area (Å²) in [5.74, 6) is 6.16. The third-order valence-corrected chi connectivity index (χ3v) is 4.32. The highest BCUT2D eigenvalue weighted by molar-refractivity contribution is 9.10. The standard InChI is InChI=1S/C20H13BrN2O2/c21-18-13-20(23(24)25)17(12-19(18)22)16-10-8-15(9-11-16)7-6-14-4-2-1-3-5-14/h1-5,8-13H,22H2. The molecule has 3 rings (SSSR count). The smallest absolute Gasteiger partial charge is 0.278 e. The van der Waals surface area contributed by atoms with Crippen molar-refractivity contribution in [3.63, 3.8) is 0 Å². The molecule has 3 aromatic carbocycles. The Morgan fingerprint density at radius 1 is 0.920 bits per heavy atom. The Bertz CT molecular complexity index is 988. The van der Waals surface area contributed by atoms with Crippen LogP contribution in [0.15, 0.2) is 71.2 Å². The number of anilines is 1. The fourth-order valence-corrected chi connectivity index (χ4v) is 2.69. The SMILES string of the molecule is Nc1cc(-c2ccc(C#Cc3ccccc3)cc2)c([N+](=O)[O-])cc1Br. The fourth-order valence-electron chi connectivity index (χ4n) is 2.36.